The topological polar surface area (TPSA) is 48.4 Å². The van der Waals surface area contributed by atoms with E-state index >= 15 is 0 Å². The molecule has 176 valence electrons. The molecule has 1 aliphatic heterocycles. The maximum absolute atomic E-state index is 10.9. The molecule has 2 aliphatic rings. The zero-order valence-electron chi connectivity index (χ0n) is 18.8. The molecule has 0 amide bonds. The average molecular weight is 488 g/mol. The Balaban J connectivity index is 1.52. The average Bonchev–Trinajstić information content (AvgIpc) is 3.36. The van der Waals surface area contributed by atoms with Crippen molar-refractivity contribution in [3.8, 4) is 0 Å². The highest BCUT2D eigenvalue weighted by atomic mass is 35.5. The van der Waals surface area contributed by atoms with Crippen LogP contribution in [-0.2, 0) is 9.47 Å². The Hall–Kier alpha value is -0.140. The molecule has 1 aromatic rings. The van der Waals surface area contributed by atoms with Gasteiger partial charge in [0.25, 0.3) is 0 Å². The quantitative estimate of drug-likeness (QED) is 0.119. The van der Waals surface area contributed by atoms with Crippen molar-refractivity contribution in [2.75, 3.05) is 12.4 Å². The molecule has 3 unspecified atom stereocenters. The van der Waals surface area contributed by atoms with Crippen molar-refractivity contribution < 1.29 is 14.3 Å². The first-order chi connectivity index (χ1) is 15.2. The third-order valence-corrected chi connectivity index (χ3v) is 9.18. The maximum Gasteiger partial charge on any atom is 0.169 e. The molecule has 0 bridgehead atoms. The maximum atomic E-state index is 10.9. The third-order valence-electron chi connectivity index (χ3n) is 6.60. The zero-order chi connectivity index (χ0) is 21.9. The van der Waals surface area contributed by atoms with Crippen molar-refractivity contribution in [2.45, 2.75) is 106 Å². The second-order valence-corrected chi connectivity index (χ2v) is 11.7. The van der Waals surface area contributed by atoms with E-state index in [1.54, 1.807) is 23.1 Å². The van der Waals surface area contributed by atoms with E-state index in [9.17, 15) is 4.79 Å². The SMILES string of the molecule is CCCCCCCCC1[C@@H](CCSc2nc(C=O)cs2)C(Cl)C[C@H]1OC1CCCCO1. The van der Waals surface area contributed by atoms with Crippen LogP contribution in [0.25, 0.3) is 0 Å². The zero-order valence-corrected chi connectivity index (χ0v) is 21.2. The van der Waals surface area contributed by atoms with Crippen LogP contribution in [0.2, 0.25) is 0 Å². The summed E-state index contributed by atoms with van der Waals surface area (Å²) in [6.07, 6.45) is 15.5. The van der Waals surface area contributed by atoms with Gasteiger partial charge in [-0.2, -0.15) is 0 Å². The highest BCUT2D eigenvalue weighted by Gasteiger charge is 2.43. The fraction of sp³-hybridized carbons (Fsp3) is 0.833. The monoisotopic (exact) mass is 487 g/mol. The van der Waals surface area contributed by atoms with Gasteiger partial charge < -0.3 is 9.47 Å². The summed E-state index contributed by atoms with van der Waals surface area (Å²) in [4.78, 5) is 15.2. The van der Waals surface area contributed by atoms with E-state index in [1.165, 1.54) is 51.4 Å². The van der Waals surface area contributed by atoms with Crippen molar-refractivity contribution >= 4 is 41.0 Å². The largest absolute Gasteiger partial charge is 0.353 e. The lowest BCUT2D eigenvalue weighted by atomic mass is 9.87. The minimum Gasteiger partial charge on any atom is -0.353 e. The van der Waals surface area contributed by atoms with Crippen LogP contribution in [0.15, 0.2) is 9.72 Å². The number of hydrogen-bond acceptors (Lipinski definition) is 6. The van der Waals surface area contributed by atoms with Crippen LogP contribution in [0.1, 0.15) is 94.5 Å². The molecule has 3 rings (SSSR count). The summed E-state index contributed by atoms with van der Waals surface area (Å²) in [5.41, 5.74) is 0.533. The summed E-state index contributed by atoms with van der Waals surface area (Å²) < 4.78 is 13.3. The van der Waals surface area contributed by atoms with Gasteiger partial charge in [0, 0.05) is 23.1 Å². The van der Waals surface area contributed by atoms with Crippen LogP contribution >= 0.6 is 34.7 Å². The second-order valence-electron chi connectivity index (χ2n) is 8.90. The van der Waals surface area contributed by atoms with Crippen LogP contribution in [-0.4, -0.2) is 41.4 Å². The highest BCUT2D eigenvalue weighted by Crippen LogP contribution is 2.44. The van der Waals surface area contributed by atoms with Crippen LogP contribution in [0.3, 0.4) is 0 Å². The Bertz CT molecular complexity index is 638. The number of aldehydes is 1. The lowest BCUT2D eigenvalue weighted by molar-refractivity contribution is -0.196. The van der Waals surface area contributed by atoms with Gasteiger partial charge in [-0.15, -0.1) is 22.9 Å². The van der Waals surface area contributed by atoms with Gasteiger partial charge in [-0.1, -0.05) is 57.2 Å². The van der Waals surface area contributed by atoms with E-state index in [2.05, 4.69) is 11.9 Å². The van der Waals surface area contributed by atoms with Gasteiger partial charge in [0.15, 0.2) is 16.9 Å². The predicted octanol–water partition coefficient (Wildman–Crippen LogP) is 7.34. The smallest absolute Gasteiger partial charge is 0.169 e. The highest BCUT2D eigenvalue weighted by molar-refractivity contribution is 8.01. The van der Waals surface area contributed by atoms with Crippen LogP contribution in [0.4, 0.5) is 0 Å². The molecule has 0 aromatic carbocycles. The summed E-state index contributed by atoms with van der Waals surface area (Å²) in [5.74, 6) is 1.98. The van der Waals surface area contributed by atoms with Crippen LogP contribution in [0.5, 0.6) is 0 Å². The Labute approximate surface area is 201 Å². The van der Waals surface area contributed by atoms with Crippen molar-refractivity contribution in [3.63, 3.8) is 0 Å². The van der Waals surface area contributed by atoms with Crippen molar-refractivity contribution in [2.24, 2.45) is 11.8 Å². The van der Waals surface area contributed by atoms with Gasteiger partial charge in [-0.25, -0.2) is 4.98 Å². The number of hydrogen-bond donors (Lipinski definition) is 0. The normalized spacial score (nSPS) is 28.8. The summed E-state index contributed by atoms with van der Waals surface area (Å²) in [7, 11) is 0. The van der Waals surface area contributed by atoms with E-state index < -0.39 is 0 Å². The molecule has 4 nitrogen and oxygen atoms in total. The lowest BCUT2D eigenvalue weighted by Crippen LogP contribution is -2.31. The Morgan fingerprint density at radius 1 is 1.23 bits per heavy atom. The molecule has 1 aromatic heterocycles. The first-order valence-electron chi connectivity index (χ1n) is 12.2. The number of carbonyl (C=O) groups is 1. The molecule has 31 heavy (non-hydrogen) atoms. The molecule has 5 atom stereocenters. The number of rotatable bonds is 14. The van der Waals surface area contributed by atoms with Gasteiger partial charge in [0.05, 0.1) is 6.10 Å². The molecule has 1 saturated carbocycles. The number of alkyl halides is 1. The van der Waals surface area contributed by atoms with E-state index in [-0.39, 0.29) is 17.8 Å². The minimum atomic E-state index is -0.0418. The van der Waals surface area contributed by atoms with Gasteiger partial charge >= 0.3 is 0 Å². The molecule has 7 heteroatoms. The molecule has 1 saturated heterocycles. The molecule has 2 heterocycles. The standard InChI is InChI=1S/C24H38ClNO3S2/c1-2-3-4-5-6-7-10-20-19(12-14-30-24-26-18(16-27)17-31-24)21(25)15-22(20)29-23-11-8-9-13-28-23/h16-17,19-23H,2-15H2,1H3/t19-,20?,21?,22-,23?/m1/s1. The number of halogens is 1. The number of thiazole rings is 1. The molecule has 0 radical (unpaired) electrons. The number of nitrogens with zero attached hydrogens (tertiary/aromatic N) is 1. The molecular formula is C24H38ClNO3S2. The molecular weight excluding hydrogens is 450 g/mol. The minimum absolute atomic E-state index is 0.0418. The Morgan fingerprint density at radius 2 is 2.06 bits per heavy atom. The predicted molar refractivity (Wildman–Crippen MR) is 131 cm³/mol. The first kappa shape index (κ1) is 25.5. The van der Waals surface area contributed by atoms with E-state index in [1.807, 2.05) is 5.38 Å². The summed E-state index contributed by atoms with van der Waals surface area (Å²) >= 11 is 10.2. The first-order valence-corrected chi connectivity index (χ1v) is 14.5. The number of unbranched alkanes of at least 4 members (excludes halogenated alkanes) is 5. The fourth-order valence-electron chi connectivity index (χ4n) is 4.91. The molecule has 0 spiro atoms. The summed E-state index contributed by atoms with van der Waals surface area (Å²) in [6, 6.07) is 0. The number of carbonyl (C=O) groups excluding carboxylic acids is 1. The molecule has 1 aliphatic carbocycles. The van der Waals surface area contributed by atoms with E-state index in [4.69, 9.17) is 21.1 Å². The van der Waals surface area contributed by atoms with Crippen LogP contribution in [0, 0.1) is 11.8 Å². The van der Waals surface area contributed by atoms with Crippen molar-refractivity contribution in [1.29, 1.82) is 0 Å². The van der Waals surface area contributed by atoms with Gasteiger partial charge in [-0.05, 0) is 50.4 Å². The second kappa shape index (κ2) is 14.2. The fourth-order valence-corrected chi connectivity index (χ4v) is 7.29. The molecule has 2 fully saturated rings. The summed E-state index contributed by atoms with van der Waals surface area (Å²) in [6.45, 7) is 3.09. The van der Waals surface area contributed by atoms with Crippen LogP contribution < -0.4 is 0 Å². The van der Waals surface area contributed by atoms with E-state index in [0.29, 0.717) is 17.5 Å². The number of aromatic nitrogens is 1. The van der Waals surface area contributed by atoms with Gasteiger partial charge in [0.2, 0.25) is 0 Å². The number of thioether (sulfide) groups is 1. The van der Waals surface area contributed by atoms with Gasteiger partial charge in [0.1, 0.15) is 5.69 Å². The number of ether oxygens (including phenoxy) is 2. The Morgan fingerprint density at radius 3 is 2.81 bits per heavy atom. The van der Waals surface area contributed by atoms with Crippen molar-refractivity contribution in [3.05, 3.63) is 11.1 Å². The van der Waals surface area contributed by atoms with E-state index in [0.717, 1.165) is 48.7 Å². The van der Waals surface area contributed by atoms with Crippen molar-refractivity contribution in [1.82, 2.24) is 4.98 Å². The molecule has 0 N–H and O–H groups in total. The summed E-state index contributed by atoms with van der Waals surface area (Å²) in [5, 5.41) is 1.99. The Kier molecular flexibility index (Phi) is 11.7. The third kappa shape index (κ3) is 8.29. The lowest BCUT2D eigenvalue weighted by Gasteiger charge is -2.30. The van der Waals surface area contributed by atoms with Gasteiger partial charge in [-0.3, -0.25) is 4.79 Å².